The minimum Gasteiger partial charge on any atom is -0.497 e. The van der Waals surface area contributed by atoms with Crippen molar-refractivity contribution in [1.29, 1.82) is 0 Å². The monoisotopic (exact) mass is 320 g/mol. The van der Waals surface area contributed by atoms with Crippen LogP contribution in [0.3, 0.4) is 0 Å². The van der Waals surface area contributed by atoms with Gasteiger partial charge in [0.1, 0.15) is 11.6 Å². The molecule has 21 heavy (non-hydrogen) atoms. The van der Waals surface area contributed by atoms with Gasteiger partial charge in [-0.3, -0.25) is 0 Å². The van der Waals surface area contributed by atoms with Gasteiger partial charge in [0.15, 0.2) is 0 Å². The smallest absolute Gasteiger partial charge is 0.125 e. The summed E-state index contributed by atoms with van der Waals surface area (Å²) >= 11 is 7.91. The van der Waals surface area contributed by atoms with Gasteiger partial charge in [0.2, 0.25) is 0 Å². The van der Waals surface area contributed by atoms with Crippen molar-refractivity contribution in [3.8, 4) is 5.75 Å². The molecule has 3 nitrogen and oxygen atoms in total. The number of nitrogens with zero attached hydrogens (tertiary/aromatic N) is 2. The highest BCUT2D eigenvalue weighted by molar-refractivity contribution is 7.12. The molecule has 1 aromatic carbocycles. The zero-order valence-corrected chi connectivity index (χ0v) is 13.8. The Balaban J connectivity index is 2.18. The number of thiophene rings is 1. The maximum Gasteiger partial charge on any atom is 0.125 e. The van der Waals surface area contributed by atoms with Crippen molar-refractivity contribution in [2.75, 3.05) is 7.11 Å². The summed E-state index contributed by atoms with van der Waals surface area (Å²) in [5.74, 6) is 2.11. The van der Waals surface area contributed by atoms with Crippen molar-refractivity contribution in [1.82, 2.24) is 9.55 Å². The van der Waals surface area contributed by atoms with Crippen LogP contribution in [0, 0.1) is 6.92 Å². The molecule has 0 spiro atoms. The number of hydrogen-bond acceptors (Lipinski definition) is 3. The molecule has 0 saturated carbocycles. The van der Waals surface area contributed by atoms with Crippen molar-refractivity contribution in [2.45, 2.75) is 25.8 Å². The van der Waals surface area contributed by atoms with Crippen molar-refractivity contribution in [3.05, 3.63) is 45.9 Å². The number of imidazole rings is 1. The summed E-state index contributed by atoms with van der Waals surface area (Å²) in [6.45, 7) is 4.31. The predicted octanol–water partition coefficient (Wildman–Crippen LogP) is 4.76. The number of fused-ring (bicyclic) bond motifs is 1. The van der Waals surface area contributed by atoms with E-state index >= 15 is 0 Å². The third kappa shape index (κ3) is 2.54. The molecule has 0 N–H and O–H groups in total. The molecule has 3 aromatic rings. The second-order valence-corrected chi connectivity index (χ2v) is 6.60. The molecule has 0 amide bonds. The fraction of sp³-hybridized carbons (Fsp3) is 0.312. The highest BCUT2D eigenvalue weighted by atomic mass is 35.5. The van der Waals surface area contributed by atoms with Crippen molar-refractivity contribution in [2.24, 2.45) is 0 Å². The maximum absolute atomic E-state index is 6.10. The van der Waals surface area contributed by atoms with Crippen molar-refractivity contribution >= 4 is 34.0 Å². The Labute approximate surface area is 133 Å². The number of alkyl halides is 1. The van der Waals surface area contributed by atoms with Gasteiger partial charge in [-0.2, -0.15) is 0 Å². The third-order valence-corrected chi connectivity index (χ3v) is 5.06. The van der Waals surface area contributed by atoms with Gasteiger partial charge in [0, 0.05) is 15.8 Å². The molecule has 1 atom stereocenters. The number of aryl methyl sites for hydroxylation is 1. The van der Waals surface area contributed by atoms with E-state index in [1.165, 1.54) is 9.75 Å². The standard InChI is InChI=1S/C16H17ClN2OS/c1-10-4-7-15(21-10)11(2)19-14-8-12(20-3)5-6-13(14)18-16(19)9-17/h4-8,11H,9H2,1-3H3. The number of benzene rings is 1. The highest BCUT2D eigenvalue weighted by Gasteiger charge is 2.18. The normalized spacial score (nSPS) is 12.8. The van der Waals surface area contributed by atoms with Crippen LogP contribution in [-0.2, 0) is 5.88 Å². The van der Waals surface area contributed by atoms with Gasteiger partial charge < -0.3 is 9.30 Å². The lowest BCUT2D eigenvalue weighted by molar-refractivity contribution is 0.415. The van der Waals surface area contributed by atoms with Crippen molar-refractivity contribution < 1.29 is 4.74 Å². The Kier molecular flexibility index (Phi) is 3.91. The van der Waals surface area contributed by atoms with E-state index in [0.29, 0.717) is 5.88 Å². The number of ether oxygens (including phenoxy) is 1. The van der Waals surface area contributed by atoms with Crippen LogP contribution in [0.4, 0.5) is 0 Å². The molecular formula is C16H17ClN2OS. The fourth-order valence-corrected chi connectivity index (χ4v) is 3.69. The van der Waals surface area contributed by atoms with Crippen LogP contribution in [0.5, 0.6) is 5.75 Å². The van der Waals surface area contributed by atoms with Crippen LogP contribution in [0.2, 0.25) is 0 Å². The van der Waals surface area contributed by atoms with Crippen LogP contribution < -0.4 is 4.74 Å². The lowest BCUT2D eigenvalue weighted by Crippen LogP contribution is -2.08. The van der Waals surface area contributed by atoms with E-state index in [1.54, 1.807) is 7.11 Å². The predicted molar refractivity (Wildman–Crippen MR) is 88.7 cm³/mol. The first-order valence-corrected chi connectivity index (χ1v) is 8.16. The lowest BCUT2D eigenvalue weighted by Gasteiger charge is -2.16. The van der Waals surface area contributed by atoms with Crippen LogP contribution in [0.1, 0.15) is 28.5 Å². The lowest BCUT2D eigenvalue weighted by atomic mass is 10.2. The highest BCUT2D eigenvalue weighted by Crippen LogP contribution is 2.32. The van der Waals surface area contributed by atoms with Gasteiger partial charge in [0.05, 0.1) is 30.1 Å². The molecule has 2 aromatic heterocycles. The quantitative estimate of drug-likeness (QED) is 0.648. The second-order valence-electron chi connectivity index (χ2n) is 5.01. The van der Waals surface area contributed by atoms with Crippen LogP contribution in [0.15, 0.2) is 30.3 Å². The first kappa shape index (κ1) is 14.4. The fourth-order valence-electron chi connectivity index (χ4n) is 2.58. The van der Waals surface area contributed by atoms with Gasteiger partial charge in [-0.1, -0.05) is 0 Å². The molecule has 1 unspecified atom stereocenters. The molecule has 5 heteroatoms. The second kappa shape index (κ2) is 5.70. The Morgan fingerprint density at radius 3 is 2.76 bits per heavy atom. The van der Waals surface area contributed by atoms with E-state index in [9.17, 15) is 0 Å². The van der Waals surface area contributed by atoms with E-state index in [0.717, 1.165) is 22.6 Å². The van der Waals surface area contributed by atoms with E-state index < -0.39 is 0 Å². The molecule has 110 valence electrons. The molecule has 0 radical (unpaired) electrons. The number of hydrogen-bond donors (Lipinski definition) is 0. The van der Waals surface area contributed by atoms with Gasteiger partial charge in [0.25, 0.3) is 0 Å². The van der Waals surface area contributed by atoms with E-state index in [4.69, 9.17) is 16.3 Å². The van der Waals surface area contributed by atoms with Crippen LogP contribution in [0.25, 0.3) is 11.0 Å². The molecule has 0 aliphatic rings. The first-order chi connectivity index (χ1) is 10.1. The van der Waals surface area contributed by atoms with E-state index in [-0.39, 0.29) is 6.04 Å². The average Bonchev–Trinajstić information content (AvgIpc) is 3.08. The maximum atomic E-state index is 6.10. The summed E-state index contributed by atoms with van der Waals surface area (Å²) < 4.78 is 7.54. The van der Waals surface area contributed by atoms with Crippen LogP contribution >= 0.6 is 22.9 Å². The summed E-state index contributed by atoms with van der Waals surface area (Å²) in [5, 5.41) is 0. The van der Waals surface area contributed by atoms with Gasteiger partial charge >= 0.3 is 0 Å². The number of aromatic nitrogens is 2. The summed E-state index contributed by atoms with van der Waals surface area (Å²) in [4.78, 5) is 7.26. The van der Waals surface area contributed by atoms with E-state index in [1.807, 2.05) is 29.5 Å². The Morgan fingerprint density at radius 1 is 1.33 bits per heavy atom. The summed E-state index contributed by atoms with van der Waals surface area (Å²) in [6, 6.07) is 10.5. The van der Waals surface area contributed by atoms with Crippen molar-refractivity contribution in [3.63, 3.8) is 0 Å². The topological polar surface area (TPSA) is 27.1 Å². The molecule has 0 aliphatic carbocycles. The molecule has 0 aliphatic heterocycles. The third-order valence-electron chi connectivity index (χ3n) is 3.65. The summed E-state index contributed by atoms with van der Waals surface area (Å²) in [7, 11) is 1.68. The van der Waals surface area contributed by atoms with Gasteiger partial charge in [-0.05, 0) is 38.1 Å². The van der Waals surface area contributed by atoms with Gasteiger partial charge in [-0.15, -0.1) is 22.9 Å². The largest absolute Gasteiger partial charge is 0.497 e. The van der Waals surface area contributed by atoms with Gasteiger partial charge in [-0.25, -0.2) is 4.98 Å². The Hall–Kier alpha value is -1.52. The minimum absolute atomic E-state index is 0.203. The number of halogens is 1. The SMILES string of the molecule is COc1ccc2nc(CCl)n(C(C)c3ccc(C)s3)c2c1. The Bertz CT molecular complexity index is 778. The number of rotatable bonds is 4. The molecule has 0 saturated heterocycles. The first-order valence-electron chi connectivity index (χ1n) is 6.81. The van der Waals surface area contributed by atoms with Crippen LogP contribution in [-0.4, -0.2) is 16.7 Å². The molecular weight excluding hydrogens is 304 g/mol. The number of methoxy groups -OCH3 is 1. The summed E-state index contributed by atoms with van der Waals surface area (Å²) in [5.41, 5.74) is 2.01. The Morgan fingerprint density at radius 2 is 2.14 bits per heavy atom. The molecule has 2 heterocycles. The minimum atomic E-state index is 0.203. The zero-order chi connectivity index (χ0) is 15.0. The van der Waals surface area contributed by atoms with E-state index in [2.05, 4.69) is 35.5 Å². The molecule has 0 bridgehead atoms. The molecule has 0 fully saturated rings. The summed E-state index contributed by atoms with van der Waals surface area (Å²) in [6.07, 6.45) is 0. The molecule has 3 rings (SSSR count). The zero-order valence-electron chi connectivity index (χ0n) is 12.3. The average molecular weight is 321 g/mol.